The van der Waals surface area contributed by atoms with Gasteiger partial charge in [0.05, 0.1) is 12.2 Å². The molecule has 0 atom stereocenters. The van der Waals surface area contributed by atoms with Crippen LogP contribution >= 0.6 is 0 Å². The van der Waals surface area contributed by atoms with Crippen LogP contribution in [0.1, 0.15) is 25.3 Å². The van der Waals surface area contributed by atoms with Crippen molar-refractivity contribution in [2.24, 2.45) is 0 Å². The normalized spacial score (nSPS) is 11.6. The third kappa shape index (κ3) is 4.96. The zero-order chi connectivity index (χ0) is 13.4. The van der Waals surface area contributed by atoms with Crippen molar-refractivity contribution < 1.29 is 17.9 Å². The molecule has 0 bridgehead atoms. The van der Waals surface area contributed by atoms with Crippen molar-refractivity contribution >= 4 is 5.69 Å². The summed E-state index contributed by atoms with van der Waals surface area (Å²) in [6, 6.07) is 5.45. The first-order valence-electron chi connectivity index (χ1n) is 6.03. The van der Waals surface area contributed by atoms with Crippen molar-refractivity contribution in [3.05, 3.63) is 29.8 Å². The molecule has 18 heavy (non-hydrogen) atoms. The van der Waals surface area contributed by atoms with E-state index in [1.165, 1.54) is 12.1 Å². The maximum atomic E-state index is 12.7. The van der Waals surface area contributed by atoms with Crippen LogP contribution < -0.4 is 5.32 Å². The largest absolute Gasteiger partial charge is 0.418 e. The Morgan fingerprint density at radius 1 is 1.17 bits per heavy atom. The van der Waals surface area contributed by atoms with Crippen molar-refractivity contribution in [3.63, 3.8) is 0 Å². The van der Waals surface area contributed by atoms with Crippen molar-refractivity contribution in [2.75, 3.05) is 25.1 Å². The quantitative estimate of drug-likeness (QED) is 0.751. The molecule has 0 fully saturated rings. The molecule has 5 heteroatoms. The SMILES string of the molecule is CCCCOCCNc1ccccc1C(F)(F)F. The summed E-state index contributed by atoms with van der Waals surface area (Å²) in [5.41, 5.74) is -0.539. The molecule has 102 valence electrons. The molecule has 0 aromatic heterocycles. The fraction of sp³-hybridized carbons (Fsp3) is 0.538. The lowest BCUT2D eigenvalue weighted by Gasteiger charge is -2.14. The van der Waals surface area contributed by atoms with Gasteiger partial charge in [-0.15, -0.1) is 0 Å². The average Bonchev–Trinajstić information content (AvgIpc) is 2.33. The predicted molar refractivity (Wildman–Crippen MR) is 65.7 cm³/mol. The Balaban J connectivity index is 2.43. The van der Waals surface area contributed by atoms with E-state index in [0.29, 0.717) is 19.8 Å². The Bertz CT molecular complexity index is 352. The number of nitrogens with one attached hydrogen (secondary N) is 1. The van der Waals surface area contributed by atoms with E-state index in [0.717, 1.165) is 18.9 Å². The van der Waals surface area contributed by atoms with E-state index in [1.54, 1.807) is 6.07 Å². The Morgan fingerprint density at radius 3 is 2.56 bits per heavy atom. The number of benzene rings is 1. The Kier molecular flexibility index (Phi) is 5.98. The molecule has 0 unspecified atom stereocenters. The minimum Gasteiger partial charge on any atom is -0.382 e. The van der Waals surface area contributed by atoms with Crippen LogP contribution in [0.2, 0.25) is 0 Å². The highest BCUT2D eigenvalue weighted by Gasteiger charge is 2.32. The van der Waals surface area contributed by atoms with Gasteiger partial charge in [-0.05, 0) is 18.6 Å². The molecule has 0 saturated heterocycles. The summed E-state index contributed by atoms with van der Waals surface area (Å²) < 4.78 is 43.2. The van der Waals surface area contributed by atoms with E-state index in [4.69, 9.17) is 4.74 Å². The highest BCUT2D eigenvalue weighted by atomic mass is 19.4. The van der Waals surface area contributed by atoms with Crippen LogP contribution in [0, 0.1) is 0 Å². The predicted octanol–water partition coefficient (Wildman–Crippen LogP) is 3.93. The lowest BCUT2D eigenvalue weighted by molar-refractivity contribution is -0.137. The molecule has 0 aliphatic carbocycles. The van der Waals surface area contributed by atoms with E-state index in [1.807, 2.05) is 0 Å². The van der Waals surface area contributed by atoms with Gasteiger partial charge in [0.1, 0.15) is 0 Å². The smallest absolute Gasteiger partial charge is 0.382 e. The maximum Gasteiger partial charge on any atom is 0.418 e. The molecule has 1 N–H and O–H groups in total. The van der Waals surface area contributed by atoms with Crippen LogP contribution in [0.4, 0.5) is 18.9 Å². The number of hydrogen-bond donors (Lipinski definition) is 1. The molecular weight excluding hydrogens is 243 g/mol. The standard InChI is InChI=1S/C13H18F3NO/c1-2-3-9-18-10-8-17-12-7-5-4-6-11(12)13(14,15)16/h4-7,17H,2-3,8-10H2,1H3. The first-order chi connectivity index (χ1) is 8.55. The molecule has 0 aliphatic heterocycles. The fourth-order valence-electron chi connectivity index (χ4n) is 1.49. The molecular formula is C13H18F3NO. The molecule has 1 aromatic carbocycles. The minimum absolute atomic E-state index is 0.101. The Morgan fingerprint density at radius 2 is 1.89 bits per heavy atom. The van der Waals surface area contributed by atoms with Crippen LogP contribution in [-0.4, -0.2) is 19.8 Å². The van der Waals surface area contributed by atoms with Gasteiger partial charge in [-0.2, -0.15) is 13.2 Å². The number of ether oxygens (including phenoxy) is 1. The first-order valence-corrected chi connectivity index (χ1v) is 6.03. The van der Waals surface area contributed by atoms with Gasteiger partial charge in [0.15, 0.2) is 0 Å². The Labute approximate surface area is 105 Å². The van der Waals surface area contributed by atoms with E-state index >= 15 is 0 Å². The summed E-state index contributed by atoms with van der Waals surface area (Å²) in [4.78, 5) is 0. The molecule has 0 aliphatic rings. The van der Waals surface area contributed by atoms with Gasteiger partial charge in [0.2, 0.25) is 0 Å². The number of hydrogen-bond acceptors (Lipinski definition) is 2. The molecule has 1 aromatic rings. The van der Waals surface area contributed by atoms with Gasteiger partial charge in [-0.1, -0.05) is 25.5 Å². The number of rotatable bonds is 7. The van der Waals surface area contributed by atoms with E-state index in [9.17, 15) is 13.2 Å². The van der Waals surface area contributed by atoms with Crippen molar-refractivity contribution in [1.82, 2.24) is 0 Å². The van der Waals surface area contributed by atoms with E-state index in [-0.39, 0.29) is 5.69 Å². The third-order valence-corrected chi connectivity index (χ3v) is 2.44. The molecule has 0 radical (unpaired) electrons. The third-order valence-electron chi connectivity index (χ3n) is 2.44. The average molecular weight is 261 g/mol. The van der Waals surface area contributed by atoms with Crippen LogP contribution in [0.25, 0.3) is 0 Å². The second-order valence-corrected chi connectivity index (χ2v) is 3.94. The molecule has 0 saturated carbocycles. The lowest BCUT2D eigenvalue weighted by atomic mass is 10.1. The van der Waals surface area contributed by atoms with Gasteiger partial charge in [0.25, 0.3) is 0 Å². The van der Waals surface area contributed by atoms with E-state index < -0.39 is 11.7 Å². The summed E-state index contributed by atoms with van der Waals surface area (Å²) >= 11 is 0. The van der Waals surface area contributed by atoms with Crippen LogP contribution in [0.5, 0.6) is 0 Å². The zero-order valence-electron chi connectivity index (χ0n) is 10.4. The highest BCUT2D eigenvalue weighted by molar-refractivity contribution is 5.52. The van der Waals surface area contributed by atoms with Gasteiger partial charge in [-0.3, -0.25) is 0 Å². The van der Waals surface area contributed by atoms with Crippen molar-refractivity contribution in [3.8, 4) is 0 Å². The summed E-state index contributed by atoms with van der Waals surface area (Å²) in [6.07, 6.45) is -2.31. The molecule has 1 rings (SSSR count). The van der Waals surface area contributed by atoms with Gasteiger partial charge in [-0.25, -0.2) is 0 Å². The maximum absolute atomic E-state index is 12.7. The second kappa shape index (κ2) is 7.26. The second-order valence-electron chi connectivity index (χ2n) is 3.94. The molecule has 0 amide bonds. The topological polar surface area (TPSA) is 21.3 Å². The van der Waals surface area contributed by atoms with Crippen molar-refractivity contribution in [1.29, 1.82) is 0 Å². The summed E-state index contributed by atoms with van der Waals surface area (Å²) in [5, 5.41) is 2.75. The highest BCUT2D eigenvalue weighted by Crippen LogP contribution is 2.34. The molecule has 0 heterocycles. The number of halogens is 3. The van der Waals surface area contributed by atoms with Gasteiger partial charge >= 0.3 is 6.18 Å². The number of anilines is 1. The van der Waals surface area contributed by atoms with E-state index in [2.05, 4.69) is 12.2 Å². The van der Waals surface area contributed by atoms with Gasteiger partial charge < -0.3 is 10.1 Å². The summed E-state index contributed by atoms with van der Waals surface area (Å²) in [7, 11) is 0. The fourth-order valence-corrected chi connectivity index (χ4v) is 1.49. The minimum atomic E-state index is -4.33. The molecule has 0 spiro atoms. The summed E-state index contributed by atoms with van der Waals surface area (Å²) in [6.45, 7) is 3.49. The Hall–Kier alpha value is -1.23. The number of unbranched alkanes of at least 4 members (excludes halogenated alkanes) is 1. The monoisotopic (exact) mass is 261 g/mol. The summed E-state index contributed by atoms with van der Waals surface area (Å²) in [5.74, 6) is 0. The van der Waals surface area contributed by atoms with Crippen LogP contribution in [0.3, 0.4) is 0 Å². The zero-order valence-corrected chi connectivity index (χ0v) is 10.4. The lowest BCUT2D eigenvalue weighted by Crippen LogP contribution is -2.14. The van der Waals surface area contributed by atoms with Crippen molar-refractivity contribution in [2.45, 2.75) is 25.9 Å². The number of para-hydroxylation sites is 1. The number of alkyl halides is 3. The van der Waals surface area contributed by atoms with Gasteiger partial charge in [0, 0.05) is 18.8 Å². The van der Waals surface area contributed by atoms with Crippen LogP contribution in [0.15, 0.2) is 24.3 Å². The van der Waals surface area contributed by atoms with Crippen LogP contribution in [-0.2, 0) is 10.9 Å². The first kappa shape index (κ1) is 14.8. The molecule has 2 nitrogen and oxygen atoms in total.